The van der Waals surface area contributed by atoms with Crippen molar-refractivity contribution in [2.75, 3.05) is 31.7 Å². The van der Waals surface area contributed by atoms with E-state index in [-0.39, 0.29) is 6.10 Å². The highest BCUT2D eigenvalue weighted by Crippen LogP contribution is 1.84. The number of nitrogens with one attached hydrogen (secondary N) is 1. The van der Waals surface area contributed by atoms with Gasteiger partial charge in [-0.05, 0) is 6.92 Å². The summed E-state index contributed by atoms with van der Waals surface area (Å²) in [6.07, 6.45) is 0.236. The Hall–Kier alpha value is 0.0700. The van der Waals surface area contributed by atoms with E-state index in [1.54, 1.807) is 7.11 Å². The molecule has 1 N–H and O–H groups in total. The van der Waals surface area contributed by atoms with Crippen LogP contribution in [0.1, 0.15) is 13.8 Å². The van der Waals surface area contributed by atoms with E-state index in [0.717, 1.165) is 24.6 Å². The van der Waals surface area contributed by atoms with Crippen LogP contribution >= 0.6 is 0 Å². The molecule has 0 aliphatic heterocycles. The van der Waals surface area contributed by atoms with Crippen LogP contribution in [0.5, 0.6) is 0 Å². The van der Waals surface area contributed by atoms with Crippen LogP contribution in [0.25, 0.3) is 0 Å². The van der Waals surface area contributed by atoms with E-state index in [9.17, 15) is 4.21 Å². The summed E-state index contributed by atoms with van der Waals surface area (Å²) in [4.78, 5) is 0. The fourth-order valence-electron chi connectivity index (χ4n) is 0.719. The van der Waals surface area contributed by atoms with Gasteiger partial charge >= 0.3 is 0 Å². The van der Waals surface area contributed by atoms with Gasteiger partial charge in [0.2, 0.25) is 0 Å². The van der Waals surface area contributed by atoms with Crippen molar-refractivity contribution in [2.24, 2.45) is 0 Å². The highest BCUT2D eigenvalue weighted by atomic mass is 32.2. The normalized spacial score (nSPS) is 15.9. The van der Waals surface area contributed by atoms with Gasteiger partial charge in [0.25, 0.3) is 0 Å². The molecule has 2 unspecified atom stereocenters. The van der Waals surface area contributed by atoms with E-state index in [4.69, 9.17) is 4.74 Å². The average molecular weight is 193 g/mol. The molecule has 0 bridgehead atoms. The molecular weight excluding hydrogens is 174 g/mol. The summed E-state index contributed by atoms with van der Waals surface area (Å²) in [7, 11) is 1.04. The Morgan fingerprint density at radius 2 is 2.25 bits per heavy atom. The molecule has 0 heterocycles. The van der Waals surface area contributed by atoms with E-state index in [1.807, 2.05) is 13.8 Å². The number of methoxy groups -OCH3 is 1. The topological polar surface area (TPSA) is 38.3 Å². The fraction of sp³-hybridized carbons (Fsp3) is 1.00. The molecular formula is C8H19NO2S. The van der Waals surface area contributed by atoms with Crippen LogP contribution in [0.3, 0.4) is 0 Å². The van der Waals surface area contributed by atoms with Crippen LogP contribution in [-0.4, -0.2) is 42.0 Å². The van der Waals surface area contributed by atoms with Gasteiger partial charge in [-0.25, -0.2) is 0 Å². The lowest BCUT2D eigenvalue weighted by molar-refractivity contribution is 0.118. The van der Waals surface area contributed by atoms with Crippen LogP contribution in [-0.2, 0) is 15.5 Å². The third-order valence-electron chi connectivity index (χ3n) is 1.66. The van der Waals surface area contributed by atoms with Gasteiger partial charge in [0, 0.05) is 42.5 Å². The first kappa shape index (κ1) is 12.1. The predicted octanol–water partition coefficient (Wildman–Crippen LogP) is 0.379. The summed E-state index contributed by atoms with van der Waals surface area (Å²) in [5.74, 6) is 1.49. The van der Waals surface area contributed by atoms with Crippen molar-refractivity contribution in [1.29, 1.82) is 0 Å². The molecule has 0 aromatic carbocycles. The quantitative estimate of drug-likeness (QED) is 0.594. The lowest BCUT2D eigenvalue weighted by atomic mass is 10.4. The minimum absolute atomic E-state index is 0.236. The zero-order valence-corrected chi connectivity index (χ0v) is 8.95. The largest absolute Gasteiger partial charge is 0.380 e. The average Bonchev–Trinajstić information content (AvgIpc) is 2.11. The van der Waals surface area contributed by atoms with Crippen molar-refractivity contribution in [3.05, 3.63) is 0 Å². The molecule has 0 aromatic heterocycles. The van der Waals surface area contributed by atoms with Crippen LogP contribution in [0, 0.1) is 0 Å². The van der Waals surface area contributed by atoms with Crippen molar-refractivity contribution in [3.8, 4) is 0 Å². The molecule has 12 heavy (non-hydrogen) atoms. The van der Waals surface area contributed by atoms with Gasteiger partial charge in [0.15, 0.2) is 0 Å². The molecule has 0 aromatic rings. The maximum atomic E-state index is 11.0. The first-order chi connectivity index (χ1) is 5.70. The maximum absolute atomic E-state index is 11.0. The Bertz CT molecular complexity index is 130. The number of hydrogen-bond donors (Lipinski definition) is 1. The summed E-state index contributed by atoms with van der Waals surface area (Å²) in [6, 6.07) is 0. The molecule has 0 saturated carbocycles. The Morgan fingerprint density at radius 1 is 1.58 bits per heavy atom. The first-order valence-electron chi connectivity index (χ1n) is 4.29. The molecule has 0 radical (unpaired) electrons. The second-order valence-electron chi connectivity index (χ2n) is 2.68. The number of hydrogen-bond acceptors (Lipinski definition) is 3. The lowest BCUT2D eigenvalue weighted by Gasteiger charge is -2.09. The van der Waals surface area contributed by atoms with E-state index in [2.05, 4.69) is 5.32 Å². The van der Waals surface area contributed by atoms with Crippen molar-refractivity contribution < 1.29 is 8.95 Å². The minimum Gasteiger partial charge on any atom is -0.380 e. The van der Waals surface area contributed by atoms with Crippen LogP contribution in [0.2, 0.25) is 0 Å². The molecule has 74 valence electrons. The van der Waals surface area contributed by atoms with Crippen molar-refractivity contribution in [2.45, 2.75) is 20.0 Å². The molecule has 0 aliphatic rings. The third kappa shape index (κ3) is 6.76. The van der Waals surface area contributed by atoms with Gasteiger partial charge in [-0.15, -0.1) is 0 Å². The standard InChI is InChI=1S/C8H19NO2S/c1-4-12(10)6-5-9-7-8(2)11-3/h8-9H,4-7H2,1-3H3. The molecule has 0 spiro atoms. The Kier molecular flexibility index (Phi) is 7.75. The van der Waals surface area contributed by atoms with Crippen molar-refractivity contribution in [3.63, 3.8) is 0 Å². The molecule has 3 nitrogen and oxygen atoms in total. The number of ether oxygens (including phenoxy) is 1. The minimum atomic E-state index is -0.647. The highest BCUT2D eigenvalue weighted by molar-refractivity contribution is 7.84. The smallest absolute Gasteiger partial charge is 0.0667 e. The molecule has 2 atom stereocenters. The molecule has 0 rings (SSSR count). The highest BCUT2D eigenvalue weighted by Gasteiger charge is 1.98. The Labute approximate surface area is 77.3 Å². The van der Waals surface area contributed by atoms with Crippen LogP contribution < -0.4 is 5.32 Å². The zero-order chi connectivity index (χ0) is 9.40. The second-order valence-corrected chi connectivity index (χ2v) is 4.55. The maximum Gasteiger partial charge on any atom is 0.0667 e. The zero-order valence-electron chi connectivity index (χ0n) is 8.13. The Balaban J connectivity index is 3.15. The Morgan fingerprint density at radius 3 is 2.75 bits per heavy atom. The monoisotopic (exact) mass is 193 g/mol. The van der Waals surface area contributed by atoms with Gasteiger partial charge in [0.1, 0.15) is 0 Å². The van der Waals surface area contributed by atoms with E-state index in [0.29, 0.717) is 0 Å². The predicted molar refractivity (Wildman–Crippen MR) is 52.9 cm³/mol. The van der Waals surface area contributed by atoms with Gasteiger partial charge in [0.05, 0.1) is 6.10 Å². The SMILES string of the molecule is CCS(=O)CCNCC(C)OC. The molecule has 0 saturated heterocycles. The summed E-state index contributed by atoms with van der Waals surface area (Å²) in [5.41, 5.74) is 0. The van der Waals surface area contributed by atoms with E-state index >= 15 is 0 Å². The van der Waals surface area contributed by atoms with Crippen LogP contribution in [0.4, 0.5) is 0 Å². The second kappa shape index (κ2) is 7.71. The van der Waals surface area contributed by atoms with Gasteiger partial charge < -0.3 is 10.1 Å². The number of rotatable bonds is 7. The molecule has 0 aliphatic carbocycles. The first-order valence-corrected chi connectivity index (χ1v) is 5.78. The molecule has 4 heteroatoms. The summed E-state index contributed by atoms with van der Waals surface area (Å²) in [5, 5.41) is 3.18. The third-order valence-corrected chi connectivity index (χ3v) is 2.97. The summed E-state index contributed by atoms with van der Waals surface area (Å²) < 4.78 is 16.0. The molecule has 0 fully saturated rings. The van der Waals surface area contributed by atoms with Crippen molar-refractivity contribution >= 4 is 10.8 Å². The van der Waals surface area contributed by atoms with E-state index in [1.165, 1.54) is 0 Å². The van der Waals surface area contributed by atoms with Gasteiger partial charge in [-0.3, -0.25) is 4.21 Å². The molecule has 0 amide bonds. The summed E-state index contributed by atoms with van der Waals surface area (Å²) in [6.45, 7) is 5.59. The van der Waals surface area contributed by atoms with Gasteiger partial charge in [-0.1, -0.05) is 6.92 Å². The fourth-order valence-corrected chi connectivity index (χ4v) is 1.38. The van der Waals surface area contributed by atoms with E-state index < -0.39 is 10.8 Å². The van der Waals surface area contributed by atoms with Gasteiger partial charge in [-0.2, -0.15) is 0 Å². The van der Waals surface area contributed by atoms with Crippen LogP contribution in [0.15, 0.2) is 0 Å². The lowest BCUT2D eigenvalue weighted by Crippen LogP contribution is -2.29. The summed E-state index contributed by atoms with van der Waals surface area (Å²) >= 11 is 0. The van der Waals surface area contributed by atoms with Crippen molar-refractivity contribution in [1.82, 2.24) is 5.32 Å².